The summed E-state index contributed by atoms with van der Waals surface area (Å²) >= 11 is 0. The van der Waals surface area contributed by atoms with E-state index in [1.807, 2.05) is 18.2 Å². The normalized spacial score (nSPS) is 12.1. The van der Waals surface area contributed by atoms with Crippen LogP contribution in [0.25, 0.3) is 22.7 Å². The Labute approximate surface area is 138 Å². The summed E-state index contributed by atoms with van der Waals surface area (Å²) in [5, 5.41) is 11.9. The number of oxazole rings is 1. The van der Waals surface area contributed by atoms with Crippen LogP contribution in [0.1, 0.15) is 6.92 Å². The first-order valence-electron chi connectivity index (χ1n) is 7.55. The third-order valence-corrected chi connectivity index (χ3v) is 3.77. The predicted molar refractivity (Wildman–Crippen MR) is 90.6 cm³/mol. The van der Waals surface area contributed by atoms with Crippen LogP contribution in [0.5, 0.6) is 0 Å². The zero-order chi connectivity index (χ0) is 17.1. The highest BCUT2D eigenvalue weighted by Crippen LogP contribution is 2.25. The van der Waals surface area contributed by atoms with Crippen molar-refractivity contribution < 1.29 is 14.3 Å². The number of carbonyl (C=O) groups excluding carboxylic acids is 1. The Morgan fingerprint density at radius 2 is 2.21 bits per heavy atom. The number of hydrogen-bond donors (Lipinski definition) is 2. The summed E-state index contributed by atoms with van der Waals surface area (Å²) < 4.78 is 5.73. The van der Waals surface area contributed by atoms with Crippen LogP contribution in [0.3, 0.4) is 0 Å². The fourth-order valence-electron chi connectivity index (χ4n) is 2.14. The van der Waals surface area contributed by atoms with Crippen molar-refractivity contribution in [3.63, 3.8) is 0 Å². The van der Waals surface area contributed by atoms with Gasteiger partial charge in [-0.15, -0.1) is 0 Å². The van der Waals surface area contributed by atoms with E-state index in [1.54, 1.807) is 38.4 Å². The van der Waals surface area contributed by atoms with Gasteiger partial charge in [0.05, 0.1) is 12.6 Å². The molecule has 0 radical (unpaired) electrons. The Morgan fingerprint density at radius 3 is 2.92 bits per heavy atom. The van der Waals surface area contributed by atoms with E-state index in [2.05, 4.69) is 15.3 Å². The molecule has 0 fully saturated rings. The van der Waals surface area contributed by atoms with Gasteiger partial charge in [0.1, 0.15) is 11.2 Å². The van der Waals surface area contributed by atoms with Crippen molar-refractivity contribution in [2.24, 2.45) is 0 Å². The standard InChI is InChI=1S/C17H18N4O3/c1-11(10-22)21(2)17(23)19-12-6-7-13-15(9-12)24-16(20-13)14-5-3-4-8-18-14/h3-9,11,22H,10H2,1-2H3,(H,19,23). The molecule has 0 aliphatic rings. The van der Waals surface area contributed by atoms with Crippen LogP contribution >= 0.6 is 0 Å². The fraction of sp³-hybridized carbons (Fsp3) is 0.235. The molecule has 0 saturated carbocycles. The molecular weight excluding hydrogens is 308 g/mol. The van der Waals surface area contributed by atoms with Crippen molar-refractivity contribution in [2.75, 3.05) is 19.0 Å². The van der Waals surface area contributed by atoms with Crippen LogP contribution in [0.15, 0.2) is 47.0 Å². The highest BCUT2D eigenvalue weighted by molar-refractivity contribution is 5.91. The number of hydrogen-bond acceptors (Lipinski definition) is 5. The van der Waals surface area contributed by atoms with Gasteiger partial charge in [0.15, 0.2) is 5.58 Å². The predicted octanol–water partition coefficient (Wildman–Crippen LogP) is 2.73. The number of aromatic nitrogens is 2. The molecule has 1 atom stereocenters. The Morgan fingerprint density at radius 1 is 1.38 bits per heavy atom. The molecule has 1 unspecified atom stereocenters. The summed E-state index contributed by atoms with van der Waals surface area (Å²) in [5.41, 5.74) is 2.49. The molecule has 0 bridgehead atoms. The van der Waals surface area contributed by atoms with Crippen LogP contribution in [0.2, 0.25) is 0 Å². The van der Waals surface area contributed by atoms with Gasteiger partial charge in [-0.05, 0) is 31.2 Å². The van der Waals surface area contributed by atoms with E-state index >= 15 is 0 Å². The fourth-order valence-corrected chi connectivity index (χ4v) is 2.14. The number of carbonyl (C=O) groups is 1. The number of nitrogens with zero attached hydrogens (tertiary/aromatic N) is 3. The van der Waals surface area contributed by atoms with Gasteiger partial charge in [-0.1, -0.05) is 6.07 Å². The molecule has 3 rings (SSSR count). The smallest absolute Gasteiger partial charge is 0.321 e. The minimum absolute atomic E-state index is 0.0987. The maximum atomic E-state index is 12.1. The summed E-state index contributed by atoms with van der Waals surface area (Å²) in [6.07, 6.45) is 1.67. The van der Waals surface area contributed by atoms with Gasteiger partial charge < -0.3 is 19.7 Å². The summed E-state index contributed by atoms with van der Waals surface area (Å²) in [7, 11) is 1.63. The highest BCUT2D eigenvalue weighted by atomic mass is 16.3. The molecule has 3 aromatic rings. The summed E-state index contributed by atoms with van der Waals surface area (Å²) in [5.74, 6) is 0.431. The van der Waals surface area contributed by atoms with Gasteiger partial charge in [0, 0.05) is 25.0 Å². The third-order valence-electron chi connectivity index (χ3n) is 3.77. The van der Waals surface area contributed by atoms with Gasteiger partial charge in [-0.3, -0.25) is 4.98 Å². The Bertz CT molecular complexity index is 847. The Kier molecular flexibility index (Phi) is 4.43. The zero-order valence-corrected chi connectivity index (χ0v) is 13.4. The minimum Gasteiger partial charge on any atom is -0.435 e. The van der Waals surface area contributed by atoms with Crippen LogP contribution in [0.4, 0.5) is 10.5 Å². The molecular formula is C17H18N4O3. The number of aliphatic hydroxyl groups is 1. The van der Waals surface area contributed by atoms with Gasteiger partial charge in [0.2, 0.25) is 5.89 Å². The van der Waals surface area contributed by atoms with Crippen molar-refractivity contribution in [1.29, 1.82) is 0 Å². The molecule has 0 aliphatic heterocycles. The molecule has 0 saturated heterocycles. The van der Waals surface area contributed by atoms with E-state index in [4.69, 9.17) is 9.52 Å². The van der Waals surface area contributed by atoms with Crippen LogP contribution in [-0.2, 0) is 0 Å². The lowest BCUT2D eigenvalue weighted by Crippen LogP contribution is -2.40. The summed E-state index contributed by atoms with van der Waals surface area (Å²) in [4.78, 5) is 22.2. The first-order chi connectivity index (χ1) is 11.6. The van der Waals surface area contributed by atoms with E-state index in [1.165, 1.54) is 4.90 Å². The number of anilines is 1. The van der Waals surface area contributed by atoms with Crippen LogP contribution < -0.4 is 5.32 Å². The second-order valence-electron chi connectivity index (χ2n) is 5.49. The molecule has 2 amide bonds. The number of pyridine rings is 1. The molecule has 7 heteroatoms. The third kappa shape index (κ3) is 3.21. The number of rotatable bonds is 4. The number of amides is 2. The minimum atomic E-state index is -0.305. The lowest BCUT2D eigenvalue weighted by molar-refractivity contribution is 0.166. The zero-order valence-electron chi connectivity index (χ0n) is 13.4. The molecule has 2 N–H and O–H groups in total. The van der Waals surface area contributed by atoms with Crippen molar-refractivity contribution in [3.05, 3.63) is 42.6 Å². The number of benzene rings is 1. The number of likely N-dealkylation sites (N-methyl/N-ethyl adjacent to an activating group) is 1. The van der Waals surface area contributed by atoms with E-state index in [-0.39, 0.29) is 18.7 Å². The van der Waals surface area contributed by atoms with Gasteiger partial charge in [-0.25, -0.2) is 9.78 Å². The number of urea groups is 1. The Hall–Kier alpha value is -2.93. The molecule has 124 valence electrons. The van der Waals surface area contributed by atoms with Crippen LogP contribution in [0, 0.1) is 0 Å². The van der Waals surface area contributed by atoms with Gasteiger partial charge >= 0.3 is 6.03 Å². The number of aliphatic hydroxyl groups excluding tert-OH is 1. The first-order valence-corrected chi connectivity index (χ1v) is 7.55. The maximum Gasteiger partial charge on any atom is 0.321 e. The molecule has 2 aromatic heterocycles. The molecule has 1 aromatic carbocycles. The van der Waals surface area contributed by atoms with Gasteiger partial charge in [-0.2, -0.15) is 0 Å². The molecule has 2 heterocycles. The Balaban J connectivity index is 1.83. The quantitative estimate of drug-likeness (QED) is 0.769. The lowest BCUT2D eigenvalue weighted by Gasteiger charge is -2.23. The van der Waals surface area contributed by atoms with Gasteiger partial charge in [0.25, 0.3) is 0 Å². The molecule has 7 nitrogen and oxygen atoms in total. The number of fused-ring (bicyclic) bond motifs is 1. The van der Waals surface area contributed by atoms with Crippen LogP contribution in [-0.4, -0.2) is 45.7 Å². The maximum absolute atomic E-state index is 12.1. The molecule has 0 spiro atoms. The van der Waals surface area contributed by atoms with E-state index in [0.717, 1.165) is 0 Å². The topological polar surface area (TPSA) is 91.5 Å². The van der Waals surface area contributed by atoms with E-state index < -0.39 is 0 Å². The first kappa shape index (κ1) is 15.9. The molecule has 0 aliphatic carbocycles. The summed E-state index contributed by atoms with van der Waals surface area (Å²) in [6.45, 7) is 1.66. The lowest BCUT2D eigenvalue weighted by atomic mass is 10.3. The number of nitrogens with one attached hydrogen (secondary N) is 1. The van der Waals surface area contributed by atoms with E-state index in [9.17, 15) is 4.79 Å². The average Bonchev–Trinajstić information content (AvgIpc) is 3.04. The second kappa shape index (κ2) is 6.67. The van der Waals surface area contributed by atoms with Crippen molar-refractivity contribution in [1.82, 2.24) is 14.9 Å². The highest BCUT2D eigenvalue weighted by Gasteiger charge is 2.16. The largest absolute Gasteiger partial charge is 0.435 e. The van der Waals surface area contributed by atoms with Crippen molar-refractivity contribution in [2.45, 2.75) is 13.0 Å². The SMILES string of the molecule is CC(CO)N(C)C(=O)Nc1ccc2nc(-c3ccccn3)oc2c1. The summed E-state index contributed by atoms with van der Waals surface area (Å²) in [6, 6.07) is 10.2. The molecule has 24 heavy (non-hydrogen) atoms. The van der Waals surface area contributed by atoms with Crippen molar-refractivity contribution in [3.8, 4) is 11.6 Å². The van der Waals surface area contributed by atoms with E-state index in [0.29, 0.717) is 28.4 Å². The van der Waals surface area contributed by atoms with Crippen molar-refractivity contribution >= 4 is 22.8 Å². The monoisotopic (exact) mass is 326 g/mol. The second-order valence-corrected chi connectivity index (χ2v) is 5.49. The average molecular weight is 326 g/mol.